The summed E-state index contributed by atoms with van der Waals surface area (Å²) in [6.45, 7) is 1.80. The Labute approximate surface area is 219 Å². The lowest BCUT2D eigenvalue weighted by atomic mass is 10.1. The third-order valence-electron chi connectivity index (χ3n) is 5.05. The van der Waals surface area contributed by atoms with Crippen LogP contribution in [0.1, 0.15) is 31.7 Å². The van der Waals surface area contributed by atoms with Crippen LogP contribution in [0, 0.1) is 5.41 Å². The third-order valence-corrected chi connectivity index (χ3v) is 5.48. The molecule has 2 aromatic rings. The number of nitrogens with two attached hydrogens (primary N) is 1. The Hall–Kier alpha value is -3.34. The lowest BCUT2D eigenvalue weighted by Crippen LogP contribution is -2.53. The van der Waals surface area contributed by atoms with E-state index in [2.05, 4.69) is 10.7 Å². The first-order valence-electron chi connectivity index (χ1n) is 11.1. The highest BCUT2D eigenvalue weighted by Gasteiger charge is 2.31. The van der Waals surface area contributed by atoms with Crippen molar-refractivity contribution in [2.75, 3.05) is 6.54 Å². The number of guanidine groups is 1. The zero-order valence-corrected chi connectivity index (χ0v) is 21.2. The van der Waals surface area contributed by atoms with Crippen LogP contribution in [0.2, 0.25) is 10.0 Å². The van der Waals surface area contributed by atoms with Gasteiger partial charge in [0.25, 0.3) is 0 Å². The second-order valence-corrected chi connectivity index (χ2v) is 8.80. The number of aliphatic carboxylic acids is 1. The first kappa shape index (κ1) is 28.9. The van der Waals surface area contributed by atoms with E-state index in [-0.39, 0.29) is 25.5 Å². The van der Waals surface area contributed by atoms with Crippen molar-refractivity contribution in [3.8, 4) is 5.75 Å². The molecule has 0 saturated heterocycles. The molecule has 1 amide bonds. The Balaban J connectivity index is 2.16. The number of hydrazine groups is 1. The number of carboxylic acid groups (broad SMARTS) is 1. The van der Waals surface area contributed by atoms with E-state index in [4.69, 9.17) is 39.1 Å². The number of nitrogens with one attached hydrogen (secondary N) is 3. The molecular weight excluding hydrogens is 509 g/mol. The molecule has 2 rings (SSSR count). The van der Waals surface area contributed by atoms with Gasteiger partial charge in [-0.25, -0.2) is 10.2 Å². The molecule has 12 heteroatoms. The Morgan fingerprint density at radius 1 is 1.14 bits per heavy atom. The maximum Gasteiger partial charge on any atom is 0.328 e. The van der Waals surface area contributed by atoms with E-state index >= 15 is 0 Å². The van der Waals surface area contributed by atoms with E-state index < -0.39 is 36.2 Å². The molecule has 0 radical (unpaired) electrons. The topological polar surface area (TPSA) is 158 Å². The van der Waals surface area contributed by atoms with Gasteiger partial charge in [-0.05, 0) is 55.7 Å². The Morgan fingerprint density at radius 2 is 1.78 bits per heavy atom. The fourth-order valence-corrected chi connectivity index (χ4v) is 3.86. The maximum absolute atomic E-state index is 13.2. The predicted octanol–water partition coefficient (Wildman–Crippen LogP) is 2.97. The average molecular weight is 538 g/mol. The van der Waals surface area contributed by atoms with Gasteiger partial charge in [-0.3, -0.25) is 20.0 Å². The van der Waals surface area contributed by atoms with Crippen molar-refractivity contribution in [2.45, 2.75) is 44.9 Å². The molecule has 10 nitrogen and oxygen atoms in total. The van der Waals surface area contributed by atoms with Gasteiger partial charge in [-0.15, -0.1) is 0 Å². The molecule has 0 bridgehead atoms. The van der Waals surface area contributed by atoms with Gasteiger partial charge < -0.3 is 20.9 Å². The highest BCUT2D eigenvalue weighted by Crippen LogP contribution is 2.20. The summed E-state index contributed by atoms with van der Waals surface area (Å²) < 4.78 is 5.60. The number of ether oxygens (including phenoxy) is 1. The molecule has 0 heterocycles. The fourth-order valence-electron chi connectivity index (χ4n) is 3.29. The lowest BCUT2D eigenvalue weighted by Gasteiger charge is -2.30. The summed E-state index contributed by atoms with van der Waals surface area (Å²) in [6, 6.07) is 12.2. The maximum atomic E-state index is 13.2. The van der Waals surface area contributed by atoms with Crippen LogP contribution in [0.15, 0.2) is 48.5 Å². The van der Waals surface area contributed by atoms with Crippen LogP contribution in [-0.4, -0.2) is 52.4 Å². The number of nitrogens with zero attached hydrogens (tertiary/aromatic N) is 1. The van der Waals surface area contributed by atoms with Crippen molar-refractivity contribution < 1.29 is 24.2 Å². The second kappa shape index (κ2) is 14.3. The molecule has 0 aliphatic heterocycles. The van der Waals surface area contributed by atoms with Crippen LogP contribution >= 0.6 is 23.2 Å². The molecule has 2 atom stereocenters. The number of hydrogen-bond donors (Lipinski definition) is 5. The number of rotatable bonds is 14. The minimum atomic E-state index is -1.29. The van der Waals surface area contributed by atoms with Crippen LogP contribution in [0.5, 0.6) is 5.75 Å². The van der Waals surface area contributed by atoms with E-state index in [1.807, 2.05) is 0 Å². The van der Waals surface area contributed by atoms with Gasteiger partial charge in [0.15, 0.2) is 17.8 Å². The number of para-hydroxylation sites is 1. The van der Waals surface area contributed by atoms with Crippen LogP contribution in [0.4, 0.5) is 0 Å². The summed E-state index contributed by atoms with van der Waals surface area (Å²) in [5, 5.41) is 21.4. The lowest BCUT2D eigenvalue weighted by molar-refractivity contribution is -0.155. The molecule has 1 unspecified atom stereocenters. The number of carboxylic acids is 1. The first-order valence-corrected chi connectivity index (χ1v) is 11.9. The van der Waals surface area contributed by atoms with Gasteiger partial charge >= 0.3 is 5.97 Å². The smallest absolute Gasteiger partial charge is 0.328 e. The van der Waals surface area contributed by atoms with Gasteiger partial charge in [0.2, 0.25) is 5.91 Å². The first-order chi connectivity index (χ1) is 17.1. The van der Waals surface area contributed by atoms with Crippen LogP contribution < -0.4 is 21.2 Å². The molecule has 0 fully saturated rings. The second-order valence-electron chi connectivity index (χ2n) is 7.93. The molecule has 0 aromatic heterocycles. The minimum absolute atomic E-state index is 0.0335. The normalized spacial score (nSPS) is 12.3. The monoisotopic (exact) mass is 537 g/mol. The molecule has 0 saturated carbocycles. The zero-order chi connectivity index (χ0) is 26.7. The largest absolute Gasteiger partial charge is 0.483 e. The molecule has 0 aliphatic rings. The predicted molar refractivity (Wildman–Crippen MR) is 137 cm³/mol. The summed E-state index contributed by atoms with van der Waals surface area (Å²) in [4.78, 5) is 38.0. The average Bonchev–Trinajstić information content (AvgIpc) is 2.80. The third kappa shape index (κ3) is 9.73. The highest BCUT2D eigenvalue weighted by atomic mass is 35.5. The van der Waals surface area contributed by atoms with Gasteiger partial charge in [0.05, 0.1) is 6.42 Å². The van der Waals surface area contributed by atoms with Crippen molar-refractivity contribution in [1.29, 1.82) is 5.41 Å². The van der Waals surface area contributed by atoms with E-state index in [0.717, 1.165) is 5.01 Å². The molecule has 2 aromatic carbocycles. The molecule has 194 valence electrons. The Kier molecular flexibility index (Phi) is 11.5. The van der Waals surface area contributed by atoms with Gasteiger partial charge in [-0.1, -0.05) is 41.4 Å². The van der Waals surface area contributed by atoms with E-state index in [1.165, 1.54) is 6.92 Å². The summed E-state index contributed by atoms with van der Waals surface area (Å²) in [5.41, 5.74) is 8.69. The van der Waals surface area contributed by atoms with Crippen LogP contribution in [0.3, 0.4) is 0 Å². The van der Waals surface area contributed by atoms with Crippen molar-refractivity contribution in [2.24, 2.45) is 5.73 Å². The van der Waals surface area contributed by atoms with Crippen LogP contribution in [-0.2, 0) is 20.9 Å². The van der Waals surface area contributed by atoms with Gasteiger partial charge in [0.1, 0.15) is 11.8 Å². The Bertz CT molecular complexity index is 1050. The highest BCUT2D eigenvalue weighted by molar-refractivity contribution is 6.34. The number of Topliss-reactive ketones (excluding diaryl/α,β-unsaturated/α-hetero) is 1. The standard InChI is InChI=1S/C24H29Cl2N5O5/c1-15(36-19-6-3-2-4-7-19)21(32)13-22(33)31(20(23(34)35)8-5-9-29-24(27)28)30-14-16-10-17(25)12-18(26)11-16/h2-4,6-7,10-12,15,20,30H,5,8-9,13-14H2,1H3,(H,34,35)(H4,27,28,29)/t15?,20-/m0/s1. The summed E-state index contributed by atoms with van der Waals surface area (Å²) in [6.07, 6.45) is -1.17. The summed E-state index contributed by atoms with van der Waals surface area (Å²) >= 11 is 12.1. The molecule has 0 spiro atoms. The number of ketones is 1. The zero-order valence-electron chi connectivity index (χ0n) is 19.7. The van der Waals surface area contributed by atoms with E-state index in [1.54, 1.807) is 48.5 Å². The van der Waals surface area contributed by atoms with Gasteiger partial charge in [-0.2, -0.15) is 0 Å². The molecule has 36 heavy (non-hydrogen) atoms. The molecule has 6 N–H and O–H groups in total. The van der Waals surface area contributed by atoms with Gasteiger partial charge in [0, 0.05) is 23.1 Å². The number of benzene rings is 2. The fraction of sp³-hybridized carbons (Fsp3) is 0.333. The number of halogens is 2. The van der Waals surface area contributed by atoms with E-state index in [0.29, 0.717) is 27.8 Å². The SMILES string of the molecule is CC(Oc1ccccc1)C(=O)CC(=O)N(NCc1cc(Cl)cc(Cl)c1)[C@@H](CCCNC(=N)N)C(=O)O. The quantitative estimate of drug-likeness (QED) is 0.0808. The van der Waals surface area contributed by atoms with Crippen molar-refractivity contribution in [3.05, 3.63) is 64.1 Å². The van der Waals surface area contributed by atoms with Crippen molar-refractivity contribution >= 4 is 46.8 Å². The number of amides is 1. The molecule has 0 aliphatic carbocycles. The summed E-state index contributed by atoms with van der Waals surface area (Å²) in [7, 11) is 0. The van der Waals surface area contributed by atoms with Crippen molar-refractivity contribution in [3.63, 3.8) is 0 Å². The molecular formula is C24H29Cl2N5O5. The van der Waals surface area contributed by atoms with Crippen molar-refractivity contribution in [1.82, 2.24) is 15.8 Å². The Morgan fingerprint density at radius 3 is 2.36 bits per heavy atom. The number of carbonyl (C=O) groups is 3. The number of hydrogen-bond acceptors (Lipinski definition) is 6. The summed E-state index contributed by atoms with van der Waals surface area (Å²) in [5.74, 6) is -2.28. The van der Waals surface area contributed by atoms with E-state index in [9.17, 15) is 19.5 Å². The minimum Gasteiger partial charge on any atom is -0.483 e. The number of carbonyl (C=O) groups excluding carboxylic acids is 2. The van der Waals surface area contributed by atoms with Crippen LogP contribution in [0.25, 0.3) is 0 Å².